The SMILES string of the molecule is CC(=O)Nc1ccc(NC(=O)COC(=O)CCS(=O)(=O)c2ccc(C)cc2)cc1. The summed E-state index contributed by atoms with van der Waals surface area (Å²) < 4.78 is 29.2. The summed E-state index contributed by atoms with van der Waals surface area (Å²) in [4.78, 5) is 34.7. The second-order valence-electron chi connectivity index (χ2n) is 6.35. The van der Waals surface area contributed by atoms with E-state index >= 15 is 0 Å². The van der Waals surface area contributed by atoms with Gasteiger partial charge in [-0.25, -0.2) is 8.42 Å². The van der Waals surface area contributed by atoms with Crippen molar-refractivity contribution in [1.29, 1.82) is 0 Å². The van der Waals surface area contributed by atoms with Crippen LogP contribution in [0.25, 0.3) is 0 Å². The Morgan fingerprint density at radius 3 is 2.00 bits per heavy atom. The van der Waals surface area contributed by atoms with Crippen LogP contribution < -0.4 is 10.6 Å². The Kier molecular flexibility index (Phi) is 7.49. The predicted molar refractivity (Wildman–Crippen MR) is 108 cm³/mol. The van der Waals surface area contributed by atoms with E-state index in [-0.39, 0.29) is 17.2 Å². The zero-order valence-corrected chi connectivity index (χ0v) is 16.9. The van der Waals surface area contributed by atoms with Crippen LogP contribution in [-0.4, -0.2) is 38.6 Å². The molecule has 0 heterocycles. The molecule has 0 atom stereocenters. The fraction of sp³-hybridized carbons (Fsp3) is 0.250. The first-order valence-corrected chi connectivity index (χ1v) is 10.4. The number of anilines is 2. The van der Waals surface area contributed by atoms with Crippen molar-refractivity contribution >= 4 is 39.0 Å². The lowest BCUT2D eigenvalue weighted by Gasteiger charge is -2.08. The van der Waals surface area contributed by atoms with Gasteiger partial charge < -0.3 is 15.4 Å². The molecule has 0 bridgehead atoms. The highest BCUT2D eigenvalue weighted by atomic mass is 32.2. The van der Waals surface area contributed by atoms with Crippen molar-refractivity contribution < 1.29 is 27.5 Å². The quantitative estimate of drug-likeness (QED) is 0.635. The van der Waals surface area contributed by atoms with E-state index in [1.807, 2.05) is 6.92 Å². The fourth-order valence-corrected chi connectivity index (χ4v) is 3.56. The Bertz CT molecular complexity index is 983. The molecule has 0 aliphatic carbocycles. The number of sulfone groups is 1. The molecule has 8 nitrogen and oxygen atoms in total. The first-order valence-electron chi connectivity index (χ1n) is 8.78. The van der Waals surface area contributed by atoms with E-state index in [4.69, 9.17) is 4.74 Å². The van der Waals surface area contributed by atoms with Gasteiger partial charge in [0.25, 0.3) is 5.91 Å². The highest BCUT2D eigenvalue weighted by molar-refractivity contribution is 7.91. The molecule has 2 aromatic rings. The number of amides is 2. The molecule has 9 heteroatoms. The van der Waals surface area contributed by atoms with Crippen molar-refractivity contribution in [1.82, 2.24) is 0 Å². The van der Waals surface area contributed by atoms with Crippen LogP contribution in [0.4, 0.5) is 11.4 Å². The topological polar surface area (TPSA) is 119 Å². The Balaban J connectivity index is 1.77. The molecule has 0 unspecified atom stereocenters. The second-order valence-corrected chi connectivity index (χ2v) is 8.46. The number of rotatable bonds is 8. The van der Waals surface area contributed by atoms with Crippen LogP contribution in [0.5, 0.6) is 0 Å². The van der Waals surface area contributed by atoms with Crippen LogP contribution in [0, 0.1) is 6.92 Å². The van der Waals surface area contributed by atoms with E-state index < -0.39 is 34.1 Å². The van der Waals surface area contributed by atoms with Gasteiger partial charge in [-0.2, -0.15) is 0 Å². The highest BCUT2D eigenvalue weighted by Crippen LogP contribution is 2.14. The van der Waals surface area contributed by atoms with Gasteiger partial charge in [0.2, 0.25) is 5.91 Å². The van der Waals surface area contributed by atoms with Crippen molar-refractivity contribution in [3.05, 3.63) is 54.1 Å². The second kappa shape index (κ2) is 9.83. The summed E-state index contributed by atoms with van der Waals surface area (Å²) in [6, 6.07) is 12.7. The number of hydrogen-bond acceptors (Lipinski definition) is 6. The number of carbonyl (C=O) groups excluding carboxylic acids is 3. The number of esters is 1. The van der Waals surface area contributed by atoms with Gasteiger partial charge in [0, 0.05) is 18.3 Å². The fourth-order valence-electron chi connectivity index (χ4n) is 2.34. The largest absolute Gasteiger partial charge is 0.456 e. The number of ether oxygens (including phenoxy) is 1. The van der Waals surface area contributed by atoms with Crippen molar-refractivity contribution in [2.45, 2.75) is 25.2 Å². The molecule has 0 aromatic heterocycles. The standard InChI is InChI=1S/C20H22N2O6S/c1-14-3-9-18(10-4-14)29(26,27)12-11-20(25)28-13-19(24)22-17-7-5-16(6-8-17)21-15(2)23/h3-10H,11-13H2,1-2H3,(H,21,23)(H,22,24). The molecule has 0 spiro atoms. The molecule has 0 aliphatic heterocycles. The molecule has 29 heavy (non-hydrogen) atoms. The minimum atomic E-state index is -3.60. The van der Waals surface area contributed by atoms with Gasteiger partial charge in [0.15, 0.2) is 16.4 Å². The summed E-state index contributed by atoms with van der Waals surface area (Å²) in [5.41, 5.74) is 1.97. The molecular formula is C20H22N2O6S. The van der Waals surface area contributed by atoms with Gasteiger partial charge in [0.1, 0.15) is 0 Å². The third-order valence-electron chi connectivity index (χ3n) is 3.81. The summed E-state index contributed by atoms with van der Waals surface area (Å²) in [6.07, 6.45) is -0.352. The Labute approximate surface area is 169 Å². The molecule has 2 N–H and O–H groups in total. The summed E-state index contributed by atoms with van der Waals surface area (Å²) in [6.45, 7) is 2.70. The summed E-state index contributed by atoms with van der Waals surface area (Å²) in [5.74, 6) is -1.96. The van der Waals surface area contributed by atoms with E-state index in [9.17, 15) is 22.8 Å². The minimum Gasteiger partial charge on any atom is -0.456 e. The van der Waals surface area contributed by atoms with Crippen LogP contribution in [0.2, 0.25) is 0 Å². The number of aryl methyl sites for hydroxylation is 1. The molecule has 0 saturated carbocycles. The lowest BCUT2D eigenvalue weighted by Crippen LogP contribution is -2.22. The first-order chi connectivity index (χ1) is 13.7. The van der Waals surface area contributed by atoms with E-state index in [1.54, 1.807) is 36.4 Å². The highest BCUT2D eigenvalue weighted by Gasteiger charge is 2.17. The molecule has 154 valence electrons. The summed E-state index contributed by atoms with van der Waals surface area (Å²) >= 11 is 0. The average molecular weight is 418 g/mol. The Morgan fingerprint density at radius 1 is 0.897 bits per heavy atom. The van der Waals surface area contributed by atoms with Crippen LogP contribution in [0.3, 0.4) is 0 Å². The van der Waals surface area contributed by atoms with E-state index in [2.05, 4.69) is 10.6 Å². The lowest BCUT2D eigenvalue weighted by molar-refractivity contribution is -0.146. The maximum absolute atomic E-state index is 12.2. The van der Waals surface area contributed by atoms with Crippen molar-refractivity contribution in [3.63, 3.8) is 0 Å². The normalized spacial score (nSPS) is 10.8. The Hall–Kier alpha value is -3.20. The van der Waals surface area contributed by atoms with Gasteiger partial charge in [-0.3, -0.25) is 14.4 Å². The van der Waals surface area contributed by atoms with Gasteiger partial charge >= 0.3 is 5.97 Å². The predicted octanol–water partition coefficient (Wildman–Crippen LogP) is 2.30. The van der Waals surface area contributed by atoms with Gasteiger partial charge in [-0.05, 0) is 43.3 Å². The Morgan fingerprint density at radius 2 is 1.45 bits per heavy atom. The van der Waals surface area contributed by atoms with Crippen LogP contribution in [-0.2, 0) is 29.0 Å². The molecule has 2 aromatic carbocycles. The molecule has 0 radical (unpaired) electrons. The number of benzene rings is 2. The molecule has 0 fully saturated rings. The zero-order valence-electron chi connectivity index (χ0n) is 16.1. The summed E-state index contributed by atoms with van der Waals surface area (Å²) in [7, 11) is -3.60. The van der Waals surface area contributed by atoms with Crippen molar-refractivity contribution in [2.24, 2.45) is 0 Å². The van der Waals surface area contributed by atoms with Crippen LogP contribution >= 0.6 is 0 Å². The smallest absolute Gasteiger partial charge is 0.307 e. The molecule has 2 rings (SSSR count). The number of nitrogens with one attached hydrogen (secondary N) is 2. The molecular weight excluding hydrogens is 396 g/mol. The monoisotopic (exact) mass is 418 g/mol. The van der Waals surface area contributed by atoms with Crippen molar-refractivity contribution in [3.8, 4) is 0 Å². The third kappa shape index (κ3) is 7.38. The maximum atomic E-state index is 12.2. The molecule has 0 aliphatic rings. The third-order valence-corrected chi connectivity index (χ3v) is 5.54. The van der Waals surface area contributed by atoms with E-state index in [0.717, 1.165) is 5.56 Å². The summed E-state index contributed by atoms with van der Waals surface area (Å²) in [5, 5.41) is 5.13. The molecule has 0 saturated heterocycles. The van der Waals surface area contributed by atoms with Gasteiger partial charge in [-0.1, -0.05) is 17.7 Å². The zero-order chi connectivity index (χ0) is 21.4. The number of carbonyl (C=O) groups is 3. The van der Waals surface area contributed by atoms with Gasteiger partial charge in [-0.15, -0.1) is 0 Å². The van der Waals surface area contributed by atoms with E-state index in [0.29, 0.717) is 11.4 Å². The maximum Gasteiger partial charge on any atom is 0.307 e. The molecule has 2 amide bonds. The first kappa shape index (κ1) is 22.1. The minimum absolute atomic E-state index is 0.136. The number of hydrogen-bond donors (Lipinski definition) is 2. The lowest BCUT2D eigenvalue weighted by atomic mass is 10.2. The van der Waals surface area contributed by atoms with Crippen molar-refractivity contribution in [2.75, 3.05) is 23.0 Å². The van der Waals surface area contributed by atoms with E-state index in [1.165, 1.54) is 19.1 Å². The van der Waals surface area contributed by atoms with Crippen LogP contribution in [0.15, 0.2) is 53.4 Å². The average Bonchev–Trinajstić information content (AvgIpc) is 2.66. The van der Waals surface area contributed by atoms with Gasteiger partial charge in [0.05, 0.1) is 17.1 Å². The van der Waals surface area contributed by atoms with Crippen LogP contribution in [0.1, 0.15) is 18.9 Å².